The van der Waals surface area contributed by atoms with E-state index < -0.39 is 5.97 Å². The van der Waals surface area contributed by atoms with Crippen LogP contribution in [0.15, 0.2) is 66.7 Å². The van der Waals surface area contributed by atoms with E-state index >= 15 is 0 Å². The van der Waals surface area contributed by atoms with Crippen LogP contribution in [-0.4, -0.2) is 11.1 Å². The first-order valence-electron chi connectivity index (χ1n) is 8.57. The second-order valence-corrected chi connectivity index (χ2v) is 6.18. The summed E-state index contributed by atoms with van der Waals surface area (Å²) in [5.74, 6) is -0.877. The Morgan fingerprint density at radius 2 is 1.74 bits per heavy atom. The second kappa shape index (κ2) is 8.47. The van der Waals surface area contributed by atoms with Crippen molar-refractivity contribution in [2.24, 2.45) is 5.73 Å². The van der Waals surface area contributed by atoms with Crippen LogP contribution >= 0.6 is 0 Å². The number of ether oxygens (including phenoxy) is 1. The summed E-state index contributed by atoms with van der Waals surface area (Å²) >= 11 is 0. The molecule has 0 saturated heterocycles. The van der Waals surface area contributed by atoms with Crippen molar-refractivity contribution < 1.29 is 19.0 Å². The predicted octanol–water partition coefficient (Wildman–Crippen LogP) is 4.16. The summed E-state index contributed by atoms with van der Waals surface area (Å²) in [6.45, 7) is 0.443. The Morgan fingerprint density at radius 3 is 2.52 bits per heavy atom. The Morgan fingerprint density at radius 1 is 0.963 bits per heavy atom. The first-order chi connectivity index (χ1) is 13.1. The number of para-hydroxylation sites is 1. The third kappa shape index (κ3) is 4.71. The SMILES string of the molecule is NCc1cccc(-c2ccc(F)c(COc3ccccc3CC(=O)O)c2)c1. The molecule has 27 heavy (non-hydrogen) atoms. The normalized spacial score (nSPS) is 10.6. The molecule has 0 atom stereocenters. The molecule has 0 aliphatic rings. The summed E-state index contributed by atoms with van der Waals surface area (Å²) < 4.78 is 20.0. The standard InChI is InChI=1S/C22H20FNO3/c23-20-9-8-17(16-6-3-4-15(10-16)13-24)11-19(20)14-27-21-7-2-1-5-18(21)12-22(25)26/h1-11H,12-14,24H2,(H,25,26). The molecule has 5 heteroatoms. The van der Waals surface area contributed by atoms with Gasteiger partial charge in [0, 0.05) is 17.7 Å². The van der Waals surface area contributed by atoms with Gasteiger partial charge >= 0.3 is 5.97 Å². The number of carboxylic acid groups (broad SMARTS) is 1. The highest BCUT2D eigenvalue weighted by molar-refractivity contribution is 5.71. The topological polar surface area (TPSA) is 72.5 Å². The van der Waals surface area contributed by atoms with Crippen LogP contribution in [0.1, 0.15) is 16.7 Å². The molecule has 0 aliphatic heterocycles. The maximum Gasteiger partial charge on any atom is 0.307 e. The zero-order chi connectivity index (χ0) is 19.2. The lowest BCUT2D eigenvalue weighted by atomic mass is 10.0. The summed E-state index contributed by atoms with van der Waals surface area (Å²) in [6, 6.07) is 19.5. The van der Waals surface area contributed by atoms with Crippen LogP contribution in [0.4, 0.5) is 4.39 Å². The second-order valence-electron chi connectivity index (χ2n) is 6.18. The highest BCUT2D eigenvalue weighted by Gasteiger charge is 2.10. The fraction of sp³-hybridized carbons (Fsp3) is 0.136. The van der Waals surface area contributed by atoms with Crippen LogP contribution in [-0.2, 0) is 24.4 Å². The average molecular weight is 365 g/mol. The molecule has 3 aromatic carbocycles. The Balaban J connectivity index is 1.83. The number of carbonyl (C=O) groups is 1. The number of hydrogen-bond donors (Lipinski definition) is 2. The van der Waals surface area contributed by atoms with Gasteiger partial charge in [0.25, 0.3) is 0 Å². The number of benzene rings is 3. The van der Waals surface area contributed by atoms with Gasteiger partial charge in [-0.05, 0) is 41.0 Å². The molecule has 138 valence electrons. The van der Waals surface area contributed by atoms with Crippen LogP contribution in [0.2, 0.25) is 0 Å². The van der Waals surface area contributed by atoms with Crippen molar-refractivity contribution in [1.29, 1.82) is 0 Å². The van der Waals surface area contributed by atoms with E-state index in [0.29, 0.717) is 23.4 Å². The minimum absolute atomic E-state index is 0.00683. The molecule has 0 bridgehead atoms. The Labute approximate surface area is 157 Å². The van der Waals surface area contributed by atoms with E-state index in [1.807, 2.05) is 24.3 Å². The van der Waals surface area contributed by atoms with Crippen molar-refractivity contribution in [3.63, 3.8) is 0 Å². The van der Waals surface area contributed by atoms with E-state index in [9.17, 15) is 9.18 Å². The van der Waals surface area contributed by atoms with Crippen molar-refractivity contribution in [3.8, 4) is 16.9 Å². The van der Waals surface area contributed by atoms with E-state index in [1.165, 1.54) is 6.07 Å². The smallest absolute Gasteiger partial charge is 0.307 e. The molecular weight excluding hydrogens is 345 g/mol. The minimum Gasteiger partial charge on any atom is -0.488 e. The maximum atomic E-state index is 14.3. The monoisotopic (exact) mass is 365 g/mol. The zero-order valence-electron chi connectivity index (χ0n) is 14.7. The average Bonchev–Trinajstić information content (AvgIpc) is 2.68. The highest BCUT2D eigenvalue weighted by Crippen LogP contribution is 2.25. The number of halogens is 1. The van der Waals surface area contributed by atoms with Gasteiger partial charge in [-0.25, -0.2) is 4.39 Å². The van der Waals surface area contributed by atoms with E-state index in [2.05, 4.69) is 0 Å². The van der Waals surface area contributed by atoms with Crippen LogP contribution < -0.4 is 10.5 Å². The number of nitrogens with two attached hydrogens (primary N) is 1. The van der Waals surface area contributed by atoms with Crippen LogP contribution in [0, 0.1) is 5.82 Å². The quantitative estimate of drug-likeness (QED) is 0.659. The molecule has 4 nitrogen and oxygen atoms in total. The molecule has 3 aromatic rings. The molecule has 0 radical (unpaired) electrons. The van der Waals surface area contributed by atoms with Crippen molar-refractivity contribution in [2.75, 3.05) is 0 Å². The number of carboxylic acids is 1. The zero-order valence-corrected chi connectivity index (χ0v) is 14.7. The van der Waals surface area contributed by atoms with E-state index in [4.69, 9.17) is 15.6 Å². The third-order valence-corrected chi connectivity index (χ3v) is 4.24. The van der Waals surface area contributed by atoms with Gasteiger partial charge in [-0.1, -0.05) is 42.5 Å². The Kier molecular flexibility index (Phi) is 5.84. The van der Waals surface area contributed by atoms with Gasteiger partial charge in [0.05, 0.1) is 6.42 Å². The van der Waals surface area contributed by atoms with Crippen LogP contribution in [0.3, 0.4) is 0 Å². The summed E-state index contributed by atoms with van der Waals surface area (Å²) in [7, 11) is 0. The van der Waals surface area contributed by atoms with Crippen molar-refractivity contribution in [3.05, 3.63) is 89.2 Å². The Bertz CT molecular complexity index is 956. The lowest BCUT2D eigenvalue weighted by molar-refractivity contribution is -0.136. The maximum absolute atomic E-state index is 14.3. The fourth-order valence-corrected chi connectivity index (χ4v) is 2.85. The fourth-order valence-electron chi connectivity index (χ4n) is 2.85. The van der Waals surface area contributed by atoms with E-state index in [0.717, 1.165) is 16.7 Å². The van der Waals surface area contributed by atoms with Gasteiger partial charge in [0.1, 0.15) is 18.2 Å². The molecule has 0 aromatic heterocycles. The summed E-state index contributed by atoms with van der Waals surface area (Å²) in [6.07, 6.45) is -0.148. The summed E-state index contributed by atoms with van der Waals surface area (Å²) in [5, 5.41) is 9.00. The third-order valence-electron chi connectivity index (χ3n) is 4.24. The molecule has 0 aliphatic carbocycles. The van der Waals surface area contributed by atoms with Crippen molar-refractivity contribution in [1.82, 2.24) is 0 Å². The van der Waals surface area contributed by atoms with Crippen molar-refractivity contribution in [2.45, 2.75) is 19.6 Å². The van der Waals surface area contributed by atoms with Gasteiger partial charge < -0.3 is 15.6 Å². The molecule has 0 amide bonds. The van der Waals surface area contributed by atoms with Gasteiger partial charge in [-0.2, -0.15) is 0 Å². The van der Waals surface area contributed by atoms with Gasteiger partial charge in [0.2, 0.25) is 0 Å². The lowest BCUT2D eigenvalue weighted by Crippen LogP contribution is -2.05. The molecule has 0 fully saturated rings. The summed E-state index contributed by atoms with van der Waals surface area (Å²) in [4.78, 5) is 11.0. The van der Waals surface area contributed by atoms with Crippen LogP contribution in [0.25, 0.3) is 11.1 Å². The molecular formula is C22H20FNO3. The highest BCUT2D eigenvalue weighted by atomic mass is 19.1. The number of aliphatic carboxylic acids is 1. The molecule has 3 N–H and O–H groups in total. The first kappa shape index (κ1) is 18.6. The van der Waals surface area contributed by atoms with Crippen molar-refractivity contribution >= 4 is 5.97 Å². The number of hydrogen-bond acceptors (Lipinski definition) is 3. The largest absolute Gasteiger partial charge is 0.488 e. The van der Waals surface area contributed by atoms with Gasteiger partial charge in [-0.15, -0.1) is 0 Å². The predicted molar refractivity (Wildman–Crippen MR) is 102 cm³/mol. The molecule has 0 saturated carbocycles. The molecule has 0 heterocycles. The van der Waals surface area contributed by atoms with E-state index in [1.54, 1.807) is 36.4 Å². The molecule has 0 unspecified atom stereocenters. The molecule has 3 rings (SSSR count). The number of rotatable bonds is 7. The van der Waals surface area contributed by atoms with E-state index in [-0.39, 0.29) is 18.8 Å². The van der Waals surface area contributed by atoms with Gasteiger partial charge in [0.15, 0.2) is 0 Å². The lowest BCUT2D eigenvalue weighted by Gasteiger charge is -2.12. The molecule has 0 spiro atoms. The Hall–Kier alpha value is -3.18. The van der Waals surface area contributed by atoms with Gasteiger partial charge in [-0.3, -0.25) is 4.79 Å². The summed E-state index contributed by atoms with van der Waals surface area (Å²) in [5.41, 5.74) is 9.45. The minimum atomic E-state index is -0.945. The first-order valence-corrected chi connectivity index (χ1v) is 8.57. The van der Waals surface area contributed by atoms with Crippen LogP contribution in [0.5, 0.6) is 5.75 Å².